The highest BCUT2D eigenvalue weighted by atomic mass is 16.4. The van der Waals surface area contributed by atoms with Crippen molar-refractivity contribution in [3.8, 4) is 23.0 Å². The minimum absolute atomic E-state index is 0.115. The number of aromatic nitrogens is 1. The minimum Gasteiger partial charge on any atom is -0.822 e. The predicted octanol–water partition coefficient (Wildman–Crippen LogP) is 3.25. The standard InChI is InChI=1S/C23H17NO3/c25-21-20(16-17-10-4-1-5-11-17)23(26)27-22(18-12-6-2-7-13-18)24(21)19-14-8-3-9-15-19/h1-15H,16H2. The Labute approximate surface area is 156 Å². The van der Waals surface area contributed by atoms with Gasteiger partial charge in [-0.3, -0.25) is 0 Å². The van der Waals surface area contributed by atoms with Crippen LogP contribution < -0.4 is 15.3 Å². The van der Waals surface area contributed by atoms with E-state index < -0.39 is 5.63 Å². The molecule has 4 aromatic rings. The first kappa shape index (κ1) is 16.8. The number of nitrogens with zero attached hydrogens (tertiary/aromatic N) is 1. The zero-order valence-electron chi connectivity index (χ0n) is 14.5. The molecule has 4 heteroatoms. The number of hydrogen-bond acceptors (Lipinski definition) is 3. The third kappa shape index (κ3) is 3.37. The van der Waals surface area contributed by atoms with Gasteiger partial charge in [0.15, 0.2) is 5.88 Å². The van der Waals surface area contributed by atoms with Gasteiger partial charge in [-0.05, 0) is 17.7 Å². The van der Waals surface area contributed by atoms with Gasteiger partial charge in [-0.1, -0.05) is 66.7 Å². The molecule has 3 aromatic carbocycles. The third-order valence-corrected chi connectivity index (χ3v) is 4.36. The van der Waals surface area contributed by atoms with Gasteiger partial charge in [-0.25, -0.2) is 4.79 Å². The molecular weight excluding hydrogens is 338 g/mol. The van der Waals surface area contributed by atoms with Crippen molar-refractivity contribution in [3.05, 3.63) is 113 Å². The van der Waals surface area contributed by atoms with Crippen LogP contribution in [0.15, 0.2) is 100 Å². The molecular formula is C23H17NO3. The molecule has 0 N–H and O–H groups in total. The van der Waals surface area contributed by atoms with Crippen molar-refractivity contribution in [2.75, 3.05) is 0 Å². The zero-order chi connectivity index (χ0) is 18.6. The van der Waals surface area contributed by atoms with Crippen LogP contribution in [0.25, 0.3) is 17.1 Å². The molecule has 0 atom stereocenters. The Morgan fingerprint density at radius 1 is 0.778 bits per heavy atom. The van der Waals surface area contributed by atoms with Gasteiger partial charge >= 0.3 is 11.5 Å². The predicted molar refractivity (Wildman–Crippen MR) is 101 cm³/mol. The van der Waals surface area contributed by atoms with Crippen LogP contribution in [0.5, 0.6) is 5.88 Å². The van der Waals surface area contributed by atoms with Gasteiger partial charge in [0.05, 0.1) is 11.1 Å². The van der Waals surface area contributed by atoms with Crippen LogP contribution in [0.4, 0.5) is 0 Å². The van der Waals surface area contributed by atoms with Crippen molar-refractivity contribution in [1.82, 2.24) is 0 Å². The molecule has 132 valence electrons. The highest BCUT2D eigenvalue weighted by Crippen LogP contribution is 2.21. The average molecular weight is 355 g/mol. The van der Waals surface area contributed by atoms with Crippen LogP contribution in [0, 0.1) is 0 Å². The summed E-state index contributed by atoms with van der Waals surface area (Å²) in [6.45, 7) is 0. The molecule has 0 saturated heterocycles. The van der Waals surface area contributed by atoms with Crippen molar-refractivity contribution >= 4 is 0 Å². The summed E-state index contributed by atoms with van der Waals surface area (Å²) in [5.74, 6) is -0.131. The van der Waals surface area contributed by atoms with E-state index in [2.05, 4.69) is 0 Å². The summed E-state index contributed by atoms with van der Waals surface area (Å²) in [7, 11) is 0. The highest BCUT2D eigenvalue weighted by molar-refractivity contribution is 5.51. The van der Waals surface area contributed by atoms with Crippen molar-refractivity contribution in [2.24, 2.45) is 0 Å². The van der Waals surface area contributed by atoms with E-state index in [0.29, 0.717) is 11.3 Å². The lowest BCUT2D eigenvalue weighted by atomic mass is 10.1. The molecule has 4 nitrogen and oxygen atoms in total. The summed E-state index contributed by atoms with van der Waals surface area (Å²) in [5.41, 5.74) is 1.72. The molecule has 0 fully saturated rings. The first-order chi connectivity index (χ1) is 13.2. The molecule has 0 radical (unpaired) electrons. The Hall–Kier alpha value is -3.66. The van der Waals surface area contributed by atoms with Gasteiger partial charge in [0.2, 0.25) is 5.69 Å². The molecule has 1 aromatic heterocycles. The van der Waals surface area contributed by atoms with Gasteiger partial charge in [0.1, 0.15) is 0 Å². The lowest BCUT2D eigenvalue weighted by molar-refractivity contribution is -0.650. The van der Waals surface area contributed by atoms with Crippen LogP contribution >= 0.6 is 0 Å². The zero-order valence-corrected chi connectivity index (χ0v) is 14.5. The second-order valence-corrected chi connectivity index (χ2v) is 6.18. The SMILES string of the molecule is O=c1oc(-c2ccccc2)[n+](-c2ccccc2)c([O-])c1Cc1ccccc1. The Kier molecular flexibility index (Phi) is 4.54. The van der Waals surface area contributed by atoms with Gasteiger partial charge in [-0.2, -0.15) is 0 Å². The number of para-hydroxylation sites is 1. The maximum Gasteiger partial charge on any atom is 0.388 e. The molecule has 0 amide bonds. The van der Waals surface area contributed by atoms with E-state index in [4.69, 9.17) is 4.42 Å². The van der Waals surface area contributed by atoms with Crippen molar-refractivity contribution in [1.29, 1.82) is 0 Å². The van der Waals surface area contributed by atoms with Crippen molar-refractivity contribution < 1.29 is 14.1 Å². The number of hydrogen-bond donors (Lipinski definition) is 0. The van der Waals surface area contributed by atoms with Gasteiger partial charge in [-0.15, -0.1) is 4.57 Å². The van der Waals surface area contributed by atoms with Crippen LogP contribution in [0.1, 0.15) is 11.1 Å². The Bertz CT molecular complexity index is 1100. The first-order valence-corrected chi connectivity index (χ1v) is 8.68. The largest absolute Gasteiger partial charge is 0.822 e. The van der Waals surface area contributed by atoms with E-state index in [1.807, 2.05) is 91.0 Å². The maximum absolute atomic E-state index is 13.3. The quantitative estimate of drug-likeness (QED) is 0.528. The highest BCUT2D eigenvalue weighted by Gasteiger charge is 2.25. The van der Waals surface area contributed by atoms with Crippen molar-refractivity contribution in [2.45, 2.75) is 6.42 Å². The van der Waals surface area contributed by atoms with E-state index >= 15 is 0 Å². The molecule has 0 saturated carbocycles. The summed E-state index contributed by atoms with van der Waals surface area (Å²) in [5, 5.41) is 13.3. The molecule has 0 aliphatic heterocycles. The van der Waals surface area contributed by atoms with E-state index in [9.17, 15) is 9.90 Å². The Morgan fingerprint density at radius 3 is 1.96 bits per heavy atom. The van der Waals surface area contributed by atoms with E-state index in [0.717, 1.165) is 5.56 Å². The maximum atomic E-state index is 13.3. The fraction of sp³-hybridized carbons (Fsp3) is 0.0435. The lowest BCUT2D eigenvalue weighted by Gasteiger charge is -2.13. The summed E-state index contributed by atoms with van der Waals surface area (Å²) in [6, 6.07) is 27.8. The molecule has 0 spiro atoms. The average Bonchev–Trinajstić information content (AvgIpc) is 2.73. The van der Waals surface area contributed by atoms with E-state index in [-0.39, 0.29) is 23.8 Å². The molecule has 0 aliphatic carbocycles. The van der Waals surface area contributed by atoms with Crippen LogP contribution in [-0.4, -0.2) is 0 Å². The lowest BCUT2D eigenvalue weighted by Crippen LogP contribution is -2.41. The molecule has 27 heavy (non-hydrogen) atoms. The van der Waals surface area contributed by atoms with Gasteiger partial charge in [0.25, 0.3) is 0 Å². The molecule has 1 heterocycles. The van der Waals surface area contributed by atoms with Crippen LogP contribution in [-0.2, 0) is 6.42 Å². The first-order valence-electron chi connectivity index (χ1n) is 8.68. The smallest absolute Gasteiger partial charge is 0.388 e. The molecule has 4 rings (SSSR count). The van der Waals surface area contributed by atoms with Gasteiger partial charge in [0, 0.05) is 18.6 Å². The van der Waals surface area contributed by atoms with E-state index in [1.165, 1.54) is 4.57 Å². The van der Waals surface area contributed by atoms with Crippen molar-refractivity contribution in [3.63, 3.8) is 0 Å². The summed E-state index contributed by atoms with van der Waals surface area (Å²) in [4.78, 5) is 12.6. The van der Waals surface area contributed by atoms with Crippen LogP contribution in [0.2, 0.25) is 0 Å². The fourth-order valence-corrected chi connectivity index (χ4v) is 3.04. The summed E-state index contributed by atoms with van der Waals surface area (Å²) in [6.07, 6.45) is 0.226. The fourth-order valence-electron chi connectivity index (χ4n) is 3.04. The molecule has 0 bridgehead atoms. The molecule has 0 unspecified atom stereocenters. The molecule has 0 aliphatic rings. The Balaban J connectivity index is 1.95. The second-order valence-electron chi connectivity index (χ2n) is 6.18. The number of benzene rings is 3. The summed E-state index contributed by atoms with van der Waals surface area (Å²) >= 11 is 0. The summed E-state index contributed by atoms with van der Waals surface area (Å²) < 4.78 is 7.11. The second kappa shape index (κ2) is 7.30. The van der Waals surface area contributed by atoms with Crippen LogP contribution in [0.3, 0.4) is 0 Å². The topological polar surface area (TPSA) is 57.2 Å². The minimum atomic E-state index is -0.602. The Morgan fingerprint density at radius 2 is 1.33 bits per heavy atom. The van der Waals surface area contributed by atoms with E-state index in [1.54, 1.807) is 0 Å². The number of rotatable bonds is 4. The third-order valence-electron chi connectivity index (χ3n) is 4.36. The van der Waals surface area contributed by atoms with Gasteiger partial charge < -0.3 is 9.52 Å². The normalized spacial score (nSPS) is 10.7. The monoisotopic (exact) mass is 355 g/mol.